The third-order valence-corrected chi connectivity index (χ3v) is 3.77. The molecule has 17 heavy (non-hydrogen) atoms. The molecule has 2 aliphatic rings. The summed E-state index contributed by atoms with van der Waals surface area (Å²) in [5, 5.41) is 8.90. The molecule has 0 aromatic heterocycles. The van der Waals surface area contributed by atoms with Gasteiger partial charge in [-0.25, -0.2) is 0 Å². The molecule has 0 spiro atoms. The van der Waals surface area contributed by atoms with Crippen LogP contribution in [0.4, 0.5) is 0 Å². The molecule has 1 N–H and O–H groups in total. The molecule has 1 unspecified atom stereocenters. The van der Waals surface area contributed by atoms with E-state index in [-0.39, 0.29) is 17.7 Å². The smallest absolute Gasteiger partial charge is 0.306 e. The van der Waals surface area contributed by atoms with Gasteiger partial charge in [-0.15, -0.1) is 0 Å². The van der Waals surface area contributed by atoms with Gasteiger partial charge in [0, 0.05) is 19.0 Å². The molecule has 0 bridgehead atoms. The van der Waals surface area contributed by atoms with Crippen LogP contribution >= 0.6 is 0 Å². The molecule has 4 heteroatoms. The van der Waals surface area contributed by atoms with E-state index in [9.17, 15) is 9.59 Å². The summed E-state index contributed by atoms with van der Waals surface area (Å²) < 4.78 is 0. The van der Waals surface area contributed by atoms with Crippen molar-refractivity contribution < 1.29 is 14.7 Å². The summed E-state index contributed by atoms with van der Waals surface area (Å²) >= 11 is 0. The molecule has 94 valence electrons. The van der Waals surface area contributed by atoms with Crippen molar-refractivity contribution in [3.63, 3.8) is 0 Å². The number of amides is 1. The molecule has 1 aliphatic carbocycles. The maximum Gasteiger partial charge on any atom is 0.306 e. The number of likely N-dealkylation sites (tertiary alicyclic amines) is 1. The van der Waals surface area contributed by atoms with E-state index in [0.717, 1.165) is 19.3 Å². The first-order chi connectivity index (χ1) is 8.18. The molecule has 2 rings (SSSR count). The van der Waals surface area contributed by atoms with Crippen molar-refractivity contribution in [3.05, 3.63) is 12.2 Å². The van der Waals surface area contributed by atoms with Gasteiger partial charge in [0.2, 0.25) is 5.91 Å². The Morgan fingerprint density at radius 1 is 1.06 bits per heavy atom. The second-order valence-corrected chi connectivity index (χ2v) is 4.92. The molecule has 0 aromatic rings. The van der Waals surface area contributed by atoms with Crippen LogP contribution in [-0.2, 0) is 9.59 Å². The van der Waals surface area contributed by atoms with Gasteiger partial charge in [0.25, 0.3) is 0 Å². The van der Waals surface area contributed by atoms with Crippen LogP contribution < -0.4 is 0 Å². The highest BCUT2D eigenvalue weighted by Gasteiger charge is 2.30. The van der Waals surface area contributed by atoms with E-state index in [1.165, 1.54) is 0 Å². The normalized spacial score (nSPS) is 25.9. The molecule has 0 radical (unpaired) electrons. The molecular weight excluding hydrogens is 218 g/mol. The fraction of sp³-hybridized carbons (Fsp3) is 0.692. The molecule has 1 saturated heterocycles. The van der Waals surface area contributed by atoms with Crippen LogP contribution in [0.1, 0.15) is 32.1 Å². The Labute approximate surface area is 101 Å². The van der Waals surface area contributed by atoms with E-state index in [2.05, 4.69) is 12.2 Å². The van der Waals surface area contributed by atoms with Crippen molar-refractivity contribution in [1.82, 2.24) is 4.90 Å². The standard InChI is InChI=1S/C13H19NO3/c15-12(10-4-2-1-3-5-10)14-8-6-11(7-9-14)13(16)17/h1-2,10-11H,3-9H2,(H,16,17). The van der Waals surface area contributed by atoms with E-state index in [1.54, 1.807) is 0 Å². The lowest BCUT2D eigenvalue weighted by molar-refractivity contribution is -0.146. The van der Waals surface area contributed by atoms with Crippen molar-refractivity contribution in [2.45, 2.75) is 32.1 Å². The van der Waals surface area contributed by atoms with E-state index in [4.69, 9.17) is 5.11 Å². The van der Waals surface area contributed by atoms with Gasteiger partial charge in [0.05, 0.1) is 5.92 Å². The first kappa shape index (κ1) is 12.1. The van der Waals surface area contributed by atoms with Gasteiger partial charge in [0.15, 0.2) is 0 Å². The summed E-state index contributed by atoms with van der Waals surface area (Å²) in [6.45, 7) is 1.21. The zero-order chi connectivity index (χ0) is 12.3. The Balaban J connectivity index is 1.85. The van der Waals surface area contributed by atoms with Crippen LogP contribution in [0, 0.1) is 11.8 Å². The number of aliphatic carboxylic acids is 1. The number of carbonyl (C=O) groups is 2. The predicted octanol–water partition coefficient (Wildman–Crippen LogP) is 1.67. The number of carboxylic acid groups (broad SMARTS) is 1. The van der Waals surface area contributed by atoms with Crippen molar-refractivity contribution >= 4 is 11.9 Å². The van der Waals surface area contributed by atoms with Gasteiger partial charge < -0.3 is 10.0 Å². The molecule has 4 nitrogen and oxygen atoms in total. The third kappa shape index (κ3) is 2.87. The summed E-state index contributed by atoms with van der Waals surface area (Å²) in [6, 6.07) is 0. The van der Waals surface area contributed by atoms with E-state index in [1.807, 2.05) is 4.90 Å². The van der Waals surface area contributed by atoms with Crippen LogP contribution in [0.15, 0.2) is 12.2 Å². The van der Waals surface area contributed by atoms with Gasteiger partial charge in [0.1, 0.15) is 0 Å². The largest absolute Gasteiger partial charge is 0.481 e. The number of allylic oxidation sites excluding steroid dienone is 2. The number of nitrogens with zero attached hydrogens (tertiary/aromatic N) is 1. The van der Waals surface area contributed by atoms with Gasteiger partial charge in [-0.1, -0.05) is 12.2 Å². The fourth-order valence-electron chi connectivity index (χ4n) is 2.62. The molecule has 1 atom stereocenters. The second kappa shape index (κ2) is 5.34. The van der Waals surface area contributed by atoms with Crippen molar-refractivity contribution in [2.75, 3.05) is 13.1 Å². The van der Waals surface area contributed by atoms with Gasteiger partial charge in [-0.3, -0.25) is 9.59 Å². The number of hydrogen-bond donors (Lipinski definition) is 1. The zero-order valence-corrected chi connectivity index (χ0v) is 9.97. The Morgan fingerprint density at radius 2 is 1.76 bits per heavy atom. The van der Waals surface area contributed by atoms with E-state index in [0.29, 0.717) is 25.9 Å². The third-order valence-electron chi connectivity index (χ3n) is 3.77. The quantitative estimate of drug-likeness (QED) is 0.743. The predicted molar refractivity (Wildman–Crippen MR) is 63.4 cm³/mol. The summed E-state index contributed by atoms with van der Waals surface area (Å²) in [6.07, 6.45) is 8.18. The van der Waals surface area contributed by atoms with Gasteiger partial charge >= 0.3 is 5.97 Å². The minimum Gasteiger partial charge on any atom is -0.481 e. The monoisotopic (exact) mass is 237 g/mol. The Bertz CT molecular complexity index is 330. The lowest BCUT2D eigenvalue weighted by atomic mass is 9.91. The Hall–Kier alpha value is -1.32. The summed E-state index contributed by atoms with van der Waals surface area (Å²) in [4.78, 5) is 24.8. The Morgan fingerprint density at radius 3 is 2.29 bits per heavy atom. The van der Waals surface area contributed by atoms with Crippen LogP contribution in [0.2, 0.25) is 0 Å². The molecule has 1 heterocycles. The summed E-state index contributed by atoms with van der Waals surface area (Å²) in [5.41, 5.74) is 0. The van der Waals surface area contributed by atoms with Crippen LogP contribution in [0.3, 0.4) is 0 Å². The molecule has 0 saturated carbocycles. The minimum atomic E-state index is -0.724. The number of hydrogen-bond acceptors (Lipinski definition) is 2. The number of carboxylic acids is 1. The lowest BCUT2D eigenvalue weighted by Crippen LogP contribution is -2.43. The highest BCUT2D eigenvalue weighted by atomic mass is 16.4. The van der Waals surface area contributed by atoms with E-state index < -0.39 is 5.97 Å². The topological polar surface area (TPSA) is 57.6 Å². The van der Waals surface area contributed by atoms with Crippen molar-refractivity contribution in [1.29, 1.82) is 0 Å². The number of rotatable bonds is 2. The van der Waals surface area contributed by atoms with Crippen LogP contribution in [0.5, 0.6) is 0 Å². The zero-order valence-electron chi connectivity index (χ0n) is 9.97. The SMILES string of the molecule is O=C(O)C1CCN(C(=O)C2CC=CCC2)CC1. The lowest BCUT2D eigenvalue weighted by Gasteiger charge is -2.33. The fourth-order valence-corrected chi connectivity index (χ4v) is 2.62. The minimum absolute atomic E-state index is 0.126. The molecule has 0 aromatic carbocycles. The highest BCUT2D eigenvalue weighted by Crippen LogP contribution is 2.24. The maximum atomic E-state index is 12.2. The molecule has 1 amide bonds. The molecule has 1 fully saturated rings. The first-order valence-electron chi connectivity index (χ1n) is 6.35. The molecular formula is C13H19NO3. The number of piperidine rings is 1. The maximum absolute atomic E-state index is 12.2. The summed E-state index contributed by atoms with van der Waals surface area (Å²) in [5.74, 6) is -0.637. The van der Waals surface area contributed by atoms with Crippen molar-refractivity contribution in [3.8, 4) is 0 Å². The second-order valence-electron chi connectivity index (χ2n) is 4.92. The van der Waals surface area contributed by atoms with Crippen LogP contribution in [-0.4, -0.2) is 35.0 Å². The highest BCUT2D eigenvalue weighted by molar-refractivity contribution is 5.79. The average molecular weight is 237 g/mol. The average Bonchev–Trinajstić information content (AvgIpc) is 2.39. The van der Waals surface area contributed by atoms with Gasteiger partial charge in [-0.2, -0.15) is 0 Å². The molecule has 1 aliphatic heterocycles. The first-order valence-corrected chi connectivity index (χ1v) is 6.35. The van der Waals surface area contributed by atoms with Crippen molar-refractivity contribution in [2.24, 2.45) is 11.8 Å². The Kier molecular flexibility index (Phi) is 3.82. The number of carbonyl (C=O) groups excluding carboxylic acids is 1. The van der Waals surface area contributed by atoms with Crippen LogP contribution in [0.25, 0.3) is 0 Å². The van der Waals surface area contributed by atoms with E-state index >= 15 is 0 Å². The summed E-state index contributed by atoms with van der Waals surface area (Å²) in [7, 11) is 0. The van der Waals surface area contributed by atoms with Gasteiger partial charge in [-0.05, 0) is 32.1 Å².